The SMILES string of the molecule is C=C(C)c1ccccc1.C=C(C)c1ccccc1.C=CC=C.C=Cc1ccccc1.C=Cc1ccccc1. The Kier molecular flexibility index (Phi) is 20.0. The summed E-state index contributed by atoms with van der Waals surface area (Å²) in [6, 6.07) is 40.4. The summed E-state index contributed by atoms with van der Waals surface area (Å²) in [6.45, 7) is 25.7. The Bertz CT molecular complexity index is 1080. The highest BCUT2D eigenvalue weighted by Crippen LogP contribution is 2.09. The minimum absolute atomic E-state index is 1.12. The molecule has 4 aromatic carbocycles. The van der Waals surface area contributed by atoms with Gasteiger partial charge in [-0.2, -0.15) is 0 Å². The van der Waals surface area contributed by atoms with Crippen LogP contribution >= 0.6 is 0 Å². The van der Waals surface area contributed by atoms with Gasteiger partial charge in [0, 0.05) is 0 Å². The molecule has 0 unspecified atom stereocenters. The van der Waals surface area contributed by atoms with E-state index in [1.807, 2.05) is 123 Å². The van der Waals surface area contributed by atoms with Gasteiger partial charge in [-0.1, -0.05) is 196 Å². The fourth-order valence-corrected chi connectivity index (χ4v) is 2.62. The Hall–Kier alpha value is -4.68. The second-order valence-corrected chi connectivity index (χ2v) is 7.99. The van der Waals surface area contributed by atoms with Crippen LogP contribution in [0, 0.1) is 0 Å². The molecular weight excluding hydrogens is 456 g/mol. The van der Waals surface area contributed by atoms with Crippen LogP contribution in [0.3, 0.4) is 0 Å². The van der Waals surface area contributed by atoms with Gasteiger partial charge in [-0.3, -0.25) is 0 Å². The van der Waals surface area contributed by atoms with Crippen LogP contribution < -0.4 is 0 Å². The predicted octanol–water partition coefficient (Wildman–Crippen LogP) is 11.5. The van der Waals surface area contributed by atoms with Crippen molar-refractivity contribution in [3.63, 3.8) is 0 Å². The van der Waals surface area contributed by atoms with Crippen molar-refractivity contribution in [3.05, 3.63) is 195 Å². The third-order valence-electron chi connectivity index (χ3n) is 4.77. The van der Waals surface area contributed by atoms with Crippen molar-refractivity contribution in [1.29, 1.82) is 0 Å². The summed E-state index contributed by atoms with van der Waals surface area (Å²) >= 11 is 0. The Morgan fingerprint density at radius 3 is 0.789 bits per heavy atom. The molecule has 0 radical (unpaired) electrons. The molecule has 0 amide bonds. The number of rotatable bonds is 5. The first kappa shape index (κ1) is 33.3. The smallest absolute Gasteiger partial charge is 0.0233 e. The standard InChI is InChI=1S/2C9H10.2C8H8.C4H6/c2*1-8(2)9-6-4-3-5-7-9;2*1-2-8-6-4-3-5-7-8;1-3-4-2/h2*3-7H,1H2,2H3;2*2-7H,1H2;3-4H,1-2H2. The van der Waals surface area contributed by atoms with Crippen LogP contribution in [0.4, 0.5) is 0 Å². The largest absolute Gasteiger partial charge is 0.0991 e. The molecule has 194 valence electrons. The Morgan fingerprint density at radius 2 is 0.658 bits per heavy atom. The molecule has 0 aliphatic rings. The van der Waals surface area contributed by atoms with Crippen molar-refractivity contribution in [1.82, 2.24) is 0 Å². The van der Waals surface area contributed by atoms with Crippen LogP contribution in [0.2, 0.25) is 0 Å². The van der Waals surface area contributed by atoms with Crippen molar-refractivity contribution in [2.45, 2.75) is 13.8 Å². The van der Waals surface area contributed by atoms with Crippen LogP contribution in [-0.2, 0) is 0 Å². The molecule has 0 heteroatoms. The fraction of sp³-hybridized carbons (Fsp3) is 0.0526. The van der Waals surface area contributed by atoms with E-state index in [0.717, 1.165) is 11.1 Å². The van der Waals surface area contributed by atoms with Crippen molar-refractivity contribution in [2.75, 3.05) is 0 Å². The predicted molar refractivity (Wildman–Crippen MR) is 176 cm³/mol. The van der Waals surface area contributed by atoms with Crippen LogP contribution in [0.5, 0.6) is 0 Å². The van der Waals surface area contributed by atoms with Gasteiger partial charge in [-0.15, -0.1) is 0 Å². The van der Waals surface area contributed by atoms with Gasteiger partial charge in [-0.05, 0) is 36.1 Å². The molecule has 0 saturated carbocycles. The molecule has 4 rings (SSSR count). The summed E-state index contributed by atoms with van der Waals surface area (Å²) in [5, 5.41) is 0. The van der Waals surface area contributed by atoms with Gasteiger partial charge < -0.3 is 0 Å². The van der Waals surface area contributed by atoms with Gasteiger partial charge in [0.05, 0.1) is 0 Å². The molecule has 4 aromatic rings. The maximum atomic E-state index is 3.83. The molecule has 0 aromatic heterocycles. The molecule has 0 saturated heterocycles. The minimum Gasteiger partial charge on any atom is -0.0991 e. The molecule has 0 heterocycles. The van der Waals surface area contributed by atoms with Gasteiger partial charge in [0.25, 0.3) is 0 Å². The monoisotopic (exact) mass is 498 g/mol. The number of hydrogen-bond acceptors (Lipinski definition) is 0. The summed E-state index contributed by atoms with van der Waals surface area (Å²) in [7, 11) is 0. The molecule has 38 heavy (non-hydrogen) atoms. The lowest BCUT2D eigenvalue weighted by Gasteiger charge is -1.94. The van der Waals surface area contributed by atoms with Gasteiger partial charge >= 0.3 is 0 Å². The van der Waals surface area contributed by atoms with Gasteiger partial charge in [0.2, 0.25) is 0 Å². The van der Waals surface area contributed by atoms with Gasteiger partial charge in [0.15, 0.2) is 0 Å². The maximum Gasteiger partial charge on any atom is -0.0233 e. The molecule has 0 aliphatic carbocycles. The topological polar surface area (TPSA) is 0 Å². The van der Waals surface area contributed by atoms with Crippen molar-refractivity contribution >= 4 is 23.3 Å². The van der Waals surface area contributed by atoms with Crippen LogP contribution in [0.25, 0.3) is 23.3 Å². The number of benzene rings is 4. The lowest BCUT2D eigenvalue weighted by molar-refractivity contribution is 1.58. The summed E-state index contributed by atoms with van der Waals surface area (Å²) in [6.07, 6.45) is 6.94. The minimum atomic E-state index is 1.12. The normalized spacial score (nSPS) is 8.37. The zero-order chi connectivity index (χ0) is 28.4. The maximum absolute atomic E-state index is 3.83. The van der Waals surface area contributed by atoms with E-state index < -0.39 is 0 Å². The highest BCUT2D eigenvalue weighted by molar-refractivity contribution is 5.61. The first-order valence-electron chi connectivity index (χ1n) is 12.4. The molecule has 0 aliphatic heterocycles. The van der Waals surface area contributed by atoms with E-state index >= 15 is 0 Å². The van der Waals surface area contributed by atoms with E-state index in [1.165, 1.54) is 22.3 Å². The zero-order valence-electron chi connectivity index (χ0n) is 23.1. The molecule has 0 nitrogen and oxygen atoms in total. The average Bonchev–Trinajstić information content (AvgIpc) is 3.00. The highest BCUT2D eigenvalue weighted by atomic mass is 13.9. The second-order valence-electron chi connectivity index (χ2n) is 7.99. The second kappa shape index (κ2) is 22.8. The van der Waals surface area contributed by atoms with Crippen molar-refractivity contribution in [3.8, 4) is 0 Å². The van der Waals surface area contributed by atoms with Crippen LogP contribution in [0.1, 0.15) is 36.1 Å². The van der Waals surface area contributed by atoms with Crippen LogP contribution in [-0.4, -0.2) is 0 Å². The molecular formula is C38H42. The molecule has 0 atom stereocenters. The van der Waals surface area contributed by atoms with Crippen molar-refractivity contribution in [2.24, 2.45) is 0 Å². The van der Waals surface area contributed by atoms with Crippen molar-refractivity contribution < 1.29 is 0 Å². The molecule has 0 N–H and O–H groups in total. The summed E-state index contributed by atoms with van der Waals surface area (Å²) in [5.74, 6) is 0. The number of hydrogen-bond donors (Lipinski definition) is 0. The molecule has 0 bridgehead atoms. The summed E-state index contributed by atoms with van der Waals surface area (Å²) in [4.78, 5) is 0. The first-order valence-corrected chi connectivity index (χ1v) is 12.4. The molecule has 0 spiro atoms. The van der Waals surface area contributed by atoms with E-state index in [1.54, 1.807) is 12.2 Å². The van der Waals surface area contributed by atoms with E-state index in [0.29, 0.717) is 0 Å². The zero-order valence-corrected chi connectivity index (χ0v) is 23.1. The lowest BCUT2D eigenvalue weighted by Crippen LogP contribution is -1.72. The third kappa shape index (κ3) is 17.7. The van der Waals surface area contributed by atoms with Gasteiger partial charge in [0.1, 0.15) is 0 Å². The summed E-state index contributed by atoms with van der Waals surface area (Å²) in [5.41, 5.74) is 7.03. The van der Waals surface area contributed by atoms with E-state index in [-0.39, 0.29) is 0 Å². The Labute approximate surface area is 232 Å². The van der Waals surface area contributed by atoms with E-state index in [2.05, 4.69) is 63.7 Å². The quantitative estimate of drug-likeness (QED) is 0.240. The third-order valence-corrected chi connectivity index (χ3v) is 4.77. The fourth-order valence-electron chi connectivity index (χ4n) is 2.62. The Morgan fingerprint density at radius 1 is 0.421 bits per heavy atom. The Balaban J connectivity index is 0.000000460. The van der Waals surface area contributed by atoms with Crippen LogP contribution in [0.15, 0.2) is 173 Å². The average molecular weight is 499 g/mol. The van der Waals surface area contributed by atoms with E-state index in [4.69, 9.17) is 0 Å². The lowest BCUT2D eigenvalue weighted by atomic mass is 10.1. The summed E-state index contributed by atoms with van der Waals surface area (Å²) < 4.78 is 0. The van der Waals surface area contributed by atoms with E-state index in [9.17, 15) is 0 Å². The molecule has 0 fully saturated rings. The number of allylic oxidation sites excluding steroid dienone is 4. The first-order chi connectivity index (χ1) is 18.4. The highest BCUT2D eigenvalue weighted by Gasteiger charge is 1.87. The van der Waals surface area contributed by atoms with Gasteiger partial charge in [-0.25, -0.2) is 0 Å².